The van der Waals surface area contributed by atoms with Gasteiger partial charge in [0.1, 0.15) is 17.3 Å². The molecule has 160 valence electrons. The van der Waals surface area contributed by atoms with Crippen molar-refractivity contribution in [3.05, 3.63) is 56.6 Å². The first-order chi connectivity index (χ1) is 13.9. The minimum Gasteiger partial charge on any atom is -0.480 e. The Kier molecular flexibility index (Phi) is 6.34. The van der Waals surface area contributed by atoms with Crippen molar-refractivity contribution in [3.63, 3.8) is 0 Å². The summed E-state index contributed by atoms with van der Waals surface area (Å²) in [6.07, 6.45) is 1.26. The van der Waals surface area contributed by atoms with Crippen molar-refractivity contribution in [2.45, 2.75) is 38.8 Å². The fourth-order valence-electron chi connectivity index (χ4n) is 2.52. The normalized spacial score (nSPS) is 12.1. The van der Waals surface area contributed by atoms with Crippen LogP contribution in [0, 0.1) is 20.2 Å². The van der Waals surface area contributed by atoms with Crippen LogP contribution in [0.3, 0.4) is 0 Å². The van der Waals surface area contributed by atoms with E-state index < -0.39 is 44.9 Å². The Morgan fingerprint density at radius 2 is 1.93 bits per heavy atom. The van der Waals surface area contributed by atoms with Crippen LogP contribution in [-0.4, -0.2) is 48.2 Å². The van der Waals surface area contributed by atoms with Crippen LogP contribution >= 0.6 is 0 Å². The second kappa shape index (κ2) is 8.55. The Morgan fingerprint density at radius 3 is 2.47 bits per heavy atom. The number of carbonyl (C=O) groups is 2. The van der Waals surface area contributed by atoms with Crippen LogP contribution < -0.4 is 5.32 Å². The third-order valence-electron chi connectivity index (χ3n) is 3.74. The van der Waals surface area contributed by atoms with Crippen molar-refractivity contribution in [1.82, 2.24) is 14.9 Å². The number of hydrogen-bond acceptors (Lipinski definition) is 8. The molecule has 0 saturated heterocycles. The number of aromatic nitrogens is 2. The van der Waals surface area contributed by atoms with Gasteiger partial charge in [-0.05, 0) is 26.8 Å². The molecular weight excluding hydrogens is 402 g/mol. The van der Waals surface area contributed by atoms with E-state index in [1.165, 1.54) is 23.2 Å². The first kappa shape index (κ1) is 22.3. The fourth-order valence-corrected chi connectivity index (χ4v) is 2.52. The van der Waals surface area contributed by atoms with Gasteiger partial charge in [-0.2, -0.15) is 0 Å². The van der Waals surface area contributed by atoms with E-state index in [4.69, 9.17) is 4.74 Å². The molecular formula is C17H19N5O8. The summed E-state index contributed by atoms with van der Waals surface area (Å²) < 4.78 is 6.28. The number of nitrogens with one attached hydrogen (secondary N) is 1. The molecule has 2 aromatic rings. The summed E-state index contributed by atoms with van der Waals surface area (Å²) in [6, 6.07) is 1.64. The van der Waals surface area contributed by atoms with Gasteiger partial charge in [0, 0.05) is 24.4 Å². The zero-order chi connectivity index (χ0) is 22.6. The largest absolute Gasteiger partial charge is 0.480 e. The van der Waals surface area contributed by atoms with Crippen molar-refractivity contribution in [1.29, 1.82) is 0 Å². The van der Waals surface area contributed by atoms with E-state index in [-0.39, 0.29) is 17.8 Å². The monoisotopic (exact) mass is 421 g/mol. The second-order valence-corrected chi connectivity index (χ2v) is 7.18. The van der Waals surface area contributed by atoms with Crippen molar-refractivity contribution >= 4 is 23.4 Å². The number of carboxylic acids is 1. The van der Waals surface area contributed by atoms with Gasteiger partial charge >= 0.3 is 12.1 Å². The molecule has 0 aliphatic rings. The Balaban J connectivity index is 2.36. The topological polar surface area (TPSA) is 180 Å². The van der Waals surface area contributed by atoms with Crippen LogP contribution in [0.5, 0.6) is 0 Å². The standard InChI is InChI=1S/C17H19N5O8/c1-17(2,3)30-16(25)19-12(15(23)24)6-11-8-18-9-20(11)13-5-4-10(21(26)27)7-14(13)22(28)29/h4-5,7-9,12H,6H2,1-3H3,(H,19,25)(H,23,24). The molecule has 1 atom stereocenters. The average Bonchev–Trinajstić information content (AvgIpc) is 3.06. The van der Waals surface area contributed by atoms with Gasteiger partial charge in [0.15, 0.2) is 0 Å². The number of alkyl carbamates (subject to hydrolysis) is 1. The number of aliphatic carboxylic acids is 1. The van der Waals surface area contributed by atoms with E-state index in [9.17, 15) is 34.9 Å². The van der Waals surface area contributed by atoms with E-state index in [1.807, 2.05) is 0 Å². The molecule has 1 aromatic carbocycles. The van der Waals surface area contributed by atoms with Crippen LogP contribution in [0.25, 0.3) is 5.69 Å². The lowest BCUT2D eigenvalue weighted by atomic mass is 10.1. The molecule has 2 rings (SSSR count). The summed E-state index contributed by atoms with van der Waals surface area (Å²) in [7, 11) is 0. The second-order valence-electron chi connectivity index (χ2n) is 7.18. The molecule has 1 heterocycles. The number of carboxylic acid groups (broad SMARTS) is 1. The van der Waals surface area contributed by atoms with Crippen LogP contribution in [-0.2, 0) is 16.0 Å². The van der Waals surface area contributed by atoms with Crippen molar-refractivity contribution < 1.29 is 29.3 Å². The van der Waals surface area contributed by atoms with E-state index in [2.05, 4.69) is 10.3 Å². The SMILES string of the molecule is CC(C)(C)OC(=O)NC(Cc1cncn1-c1ccc([N+](=O)[O-])cc1[N+](=O)[O-])C(=O)O. The lowest BCUT2D eigenvalue weighted by Gasteiger charge is -2.22. The predicted molar refractivity (Wildman–Crippen MR) is 101 cm³/mol. The maximum atomic E-state index is 11.9. The number of hydrogen-bond donors (Lipinski definition) is 2. The molecule has 0 aliphatic carbocycles. The molecule has 0 spiro atoms. The Morgan fingerprint density at radius 1 is 1.27 bits per heavy atom. The van der Waals surface area contributed by atoms with Gasteiger partial charge in [-0.3, -0.25) is 24.8 Å². The van der Waals surface area contributed by atoms with Gasteiger partial charge in [0.05, 0.1) is 22.2 Å². The molecule has 13 nitrogen and oxygen atoms in total. The summed E-state index contributed by atoms with van der Waals surface area (Å²) in [5.74, 6) is -1.35. The molecule has 30 heavy (non-hydrogen) atoms. The molecule has 2 N–H and O–H groups in total. The van der Waals surface area contributed by atoms with Gasteiger partial charge < -0.3 is 15.2 Å². The van der Waals surface area contributed by atoms with Gasteiger partial charge in [0.2, 0.25) is 0 Å². The number of benzene rings is 1. The molecule has 0 fully saturated rings. The highest BCUT2D eigenvalue weighted by Crippen LogP contribution is 2.29. The van der Waals surface area contributed by atoms with E-state index in [0.717, 1.165) is 12.1 Å². The zero-order valence-corrected chi connectivity index (χ0v) is 16.3. The molecule has 0 bridgehead atoms. The number of carbonyl (C=O) groups excluding carboxylic acids is 1. The van der Waals surface area contributed by atoms with E-state index >= 15 is 0 Å². The van der Waals surface area contributed by atoms with Gasteiger partial charge in [-0.1, -0.05) is 0 Å². The summed E-state index contributed by atoms with van der Waals surface area (Å²) in [5.41, 5.74) is -1.69. The Labute approximate surface area is 169 Å². The molecule has 0 radical (unpaired) electrons. The van der Waals surface area contributed by atoms with Gasteiger partial charge in [0.25, 0.3) is 11.4 Å². The maximum absolute atomic E-state index is 11.9. The quantitative estimate of drug-likeness (QED) is 0.500. The predicted octanol–water partition coefficient (Wildman–Crippen LogP) is 2.21. The van der Waals surface area contributed by atoms with Crippen LogP contribution in [0.4, 0.5) is 16.2 Å². The Bertz CT molecular complexity index is 994. The Hall–Kier alpha value is -4.03. The van der Waals surface area contributed by atoms with Gasteiger partial charge in [-0.25, -0.2) is 14.6 Å². The highest BCUT2D eigenvalue weighted by atomic mass is 16.6. The van der Waals surface area contributed by atoms with Crippen LogP contribution in [0.1, 0.15) is 26.5 Å². The number of nitrogens with zero attached hydrogens (tertiary/aromatic N) is 4. The highest BCUT2D eigenvalue weighted by Gasteiger charge is 2.27. The van der Waals surface area contributed by atoms with Crippen molar-refractivity contribution in [3.8, 4) is 5.69 Å². The molecule has 0 aliphatic heterocycles. The first-order valence-corrected chi connectivity index (χ1v) is 8.56. The molecule has 1 amide bonds. The van der Waals surface area contributed by atoms with E-state index in [1.54, 1.807) is 20.8 Å². The summed E-state index contributed by atoms with van der Waals surface area (Å²) in [6.45, 7) is 4.85. The van der Waals surface area contributed by atoms with Crippen molar-refractivity contribution in [2.24, 2.45) is 0 Å². The summed E-state index contributed by atoms with van der Waals surface area (Å²) in [4.78, 5) is 48.1. The molecule has 1 aromatic heterocycles. The maximum Gasteiger partial charge on any atom is 0.408 e. The third kappa shape index (κ3) is 5.50. The smallest absolute Gasteiger partial charge is 0.408 e. The first-order valence-electron chi connectivity index (χ1n) is 8.56. The average molecular weight is 421 g/mol. The summed E-state index contributed by atoms with van der Waals surface area (Å²) in [5, 5.41) is 34.0. The number of amides is 1. The minimum atomic E-state index is -1.41. The zero-order valence-electron chi connectivity index (χ0n) is 16.3. The molecule has 0 saturated carbocycles. The molecule has 1 unspecified atom stereocenters. The van der Waals surface area contributed by atoms with Gasteiger partial charge in [-0.15, -0.1) is 0 Å². The molecule has 13 heteroatoms. The van der Waals surface area contributed by atoms with Crippen molar-refractivity contribution in [2.75, 3.05) is 0 Å². The third-order valence-corrected chi connectivity index (χ3v) is 3.74. The number of ether oxygens (including phenoxy) is 1. The minimum absolute atomic E-state index is 0.0421. The highest BCUT2D eigenvalue weighted by molar-refractivity contribution is 5.80. The number of rotatable bonds is 7. The number of non-ortho nitro benzene ring substituents is 1. The lowest BCUT2D eigenvalue weighted by molar-refractivity contribution is -0.394. The number of imidazole rings is 1. The summed E-state index contributed by atoms with van der Waals surface area (Å²) >= 11 is 0. The number of nitro benzene ring substituents is 2. The van der Waals surface area contributed by atoms with Crippen LogP contribution in [0.2, 0.25) is 0 Å². The lowest BCUT2D eigenvalue weighted by Crippen LogP contribution is -2.44. The number of nitro groups is 2. The van der Waals surface area contributed by atoms with Crippen LogP contribution in [0.15, 0.2) is 30.7 Å². The van der Waals surface area contributed by atoms with E-state index in [0.29, 0.717) is 0 Å². The fraction of sp³-hybridized carbons (Fsp3) is 0.353.